The Bertz CT molecular complexity index is 162. The number of hydrogen-bond donors (Lipinski definition) is 0. The van der Waals surface area contributed by atoms with Gasteiger partial charge in [0.2, 0.25) is 0 Å². The fourth-order valence-corrected chi connectivity index (χ4v) is 1.41. The van der Waals surface area contributed by atoms with Crippen LogP contribution in [0.3, 0.4) is 0 Å². The fourth-order valence-electron chi connectivity index (χ4n) is 1.41. The highest BCUT2D eigenvalue weighted by Crippen LogP contribution is 2.14. The van der Waals surface area contributed by atoms with Crippen molar-refractivity contribution in [3.63, 3.8) is 0 Å². The van der Waals surface area contributed by atoms with Crippen molar-refractivity contribution in [1.82, 2.24) is 0 Å². The topological polar surface area (TPSA) is 18.5 Å². The van der Waals surface area contributed by atoms with Crippen molar-refractivity contribution in [3.8, 4) is 0 Å². The Morgan fingerprint density at radius 2 is 1.47 bits per heavy atom. The smallest absolute Gasteiger partial charge is 0.0602 e. The fraction of sp³-hybridized carbons (Fsp3) is 1.00. The Balaban J connectivity index is 3.52. The first-order chi connectivity index (χ1) is 6.60. The first-order valence-corrected chi connectivity index (χ1v) is 5.92. The molecule has 0 radical (unpaired) electrons. The molecule has 0 aliphatic rings. The van der Waals surface area contributed by atoms with Crippen LogP contribution in [0, 0.1) is 0 Å². The zero-order valence-corrected chi connectivity index (χ0v) is 11.5. The summed E-state index contributed by atoms with van der Waals surface area (Å²) in [5.41, 5.74) is -0.0571. The van der Waals surface area contributed by atoms with E-state index in [1.807, 2.05) is 0 Å². The minimum atomic E-state index is -0.0374. The Labute approximate surface area is 95.3 Å². The van der Waals surface area contributed by atoms with Gasteiger partial charge in [0.1, 0.15) is 0 Å². The second-order valence-corrected chi connectivity index (χ2v) is 6.14. The van der Waals surface area contributed by atoms with Gasteiger partial charge in [0.05, 0.1) is 17.3 Å². The summed E-state index contributed by atoms with van der Waals surface area (Å²) in [6, 6.07) is 0. The molecule has 2 nitrogen and oxygen atoms in total. The highest BCUT2D eigenvalue weighted by atomic mass is 16.5. The Hall–Kier alpha value is -0.0800. The molecule has 0 aromatic rings. The molecule has 92 valence electrons. The maximum absolute atomic E-state index is 5.81. The van der Waals surface area contributed by atoms with Gasteiger partial charge in [0.15, 0.2) is 0 Å². The molecule has 2 heteroatoms. The predicted molar refractivity (Wildman–Crippen MR) is 65.2 cm³/mol. The third-order valence-corrected chi connectivity index (χ3v) is 1.84. The molecule has 0 fully saturated rings. The lowest BCUT2D eigenvalue weighted by Crippen LogP contribution is -2.26. The van der Waals surface area contributed by atoms with Crippen LogP contribution in [0.15, 0.2) is 0 Å². The van der Waals surface area contributed by atoms with Crippen LogP contribution in [0.2, 0.25) is 0 Å². The van der Waals surface area contributed by atoms with Gasteiger partial charge in [-0.25, -0.2) is 0 Å². The summed E-state index contributed by atoms with van der Waals surface area (Å²) >= 11 is 0. The third-order valence-electron chi connectivity index (χ3n) is 1.84. The molecule has 0 spiro atoms. The van der Waals surface area contributed by atoms with Crippen LogP contribution in [-0.2, 0) is 9.47 Å². The van der Waals surface area contributed by atoms with Gasteiger partial charge in [-0.05, 0) is 61.3 Å². The summed E-state index contributed by atoms with van der Waals surface area (Å²) in [5.74, 6) is 0. The minimum Gasteiger partial charge on any atom is -0.376 e. The highest BCUT2D eigenvalue weighted by Gasteiger charge is 2.15. The minimum absolute atomic E-state index is 0.0197. The lowest BCUT2D eigenvalue weighted by molar-refractivity contribution is -0.0619. The molecule has 0 aromatic heterocycles. The third kappa shape index (κ3) is 11.8. The van der Waals surface area contributed by atoms with Crippen molar-refractivity contribution in [1.29, 1.82) is 0 Å². The van der Waals surface area contributed by atoms with Crippen molar-refractivity contribution >= 4 is 0 Å². The van der Waals surface area contributed by atoms with E-state index in [0.29, 0.717) is 6.10 Å². The van der Waals surface area contributed by atoms with Gasteiger partial charge >= 0.3 is 0 Å². The van der Waals surface area contributed by atoms with E-state index in [2.05, 4.69) is 48.5 Å². The van der Waals surface area contributed by atoms with Crippen LogP contribution in [0.1, 0.15) is 61.3 Å². The van der Waals surface area contributed by atoms with E-state index in [4.69, 9.17) is 9.47 Å². The van der Waals surface area contributed by atoms with E-state index < -0.39 is 0 Å². The van der Waals surface area contributed by atoms with E-state index in [0.717, 1.165) is 19.4 Å². The van der Waals surface area contributed by atoms with Gasteiger partial charge < -0.3 is 9.47 Å². The van der Waals surface area contributed by atoms with Crippen LogP contribution in [0.5, 0.6) is 0 Å². The summed E-state index contributed by atoms with van der Waals surface area (Å²) in [6.45, 7) is 15.5. The average molecular weight is 216 g/mol. The highest BCUT2D eigenvalue weighted by molar-refractivity contribution is 4.64. The lowest BCUT2D eigenvalue weighted by Gasteiger charge is -2.25. The molecule has 0 amide bonds. The first-order valence-electron chi connectivity index (χ1n) is 5.92. The Morgan fingerprint density at radius 3 is 1.87 bits per heavy atom. The Morgan fingerprint density at radius 1 is 0.933 bits per heavy atom. The molecule has 0 rings (SSSR count). The second kappa shape index (κ2) is 5.86. The maximum atomic E-state index is 5.81. The van der Waals surface area contributed by atoms with Gasteiger partial charge in [-0.1, -0.05) is 0 Å². The molecule has 0 saturated carbocycles. The largest absolute Gasteiger partial charge is 0.376 e. The summed E-state index contributed by atoms with van der Waals surface area (Å²) in [4.78, 5) is 0. The zero-order chi connectivity index (χ0) is 12.1. The van der Waals surface area contributed by atoms with Crippen molar-refractivity contribution < 1.29 is 9.47 Å². The summed E-state index contributed by atoms with van der Waals surface area (Å²) in [6.07, 6.45) is 2.44. The van der Waals surface area contributed by atoms with Gasteiger partial charge in [-0.3, -0.25) is 0 Å². The molecule has 0 bridgehead atoms. The monoisotopic (exact) mass is 216 g/mol. The molecule has 0 aliphatic heterocycles. The molecule has 0 saturated heterocycles. The van der Waals surface area contributed by atoms with E-state index in [9.17, 15) is 0 Å². The maximum Gasteiger partial charge on any atom is 0.0602 e. The average Bonchev–Trinajstić information content (AvgIpc) is 1.92. The summed E-state index contributed by atoms with van der Waals surface area (Å²) in [5, 5.41) is 0. The molecule has 1 unspecified atom stereocenters. The number of ether oxygens (including phenoxy) is 2. The van der Waals surface area contributed by atoms with Gasteiger partial charge in [-0.2, -0.15) is 0 Å². The molecule has 0 aliphatic carbocycles. The second-order valence-electron chi connectivity index (χ2n) is 6.14. The molecule has 15 heavy (non-hydrogen) atoms. The van der Waals surface area contributed by atoms with Crippen molar-refractivity contribution in [2.24, 2.45) is 0 Å². The quantitative estimate of drug-likeness (QED) is 0.651. The number of rotatable bonds is 5. The molecule has 0 heterocycles. The van der Waals surface area contributed by atoms with E-state index in [1.54, 1.807) is 0 Å². The van der Waals surface area contributed by atoms with E-state index in [1.165, 1.54) is 0 Å². The van der Waals surface area contributed by atoms with Gasteiger partial charge in [0, 0.05) is 6.61 Å². The standard InChI is InChI=1S/C13H28O2/c1-11(15-13(5,6)7)9-8-10-14-12(2,3)4/h11H,8-10H2,1-7H3. The van der Waals surface area contributed by atoms with E-state index in [-0.39, 0.29) is 11.2 Å². The van der Waals surface area contributed by atoms with Crippen molar-refractivity contribution in [2.75, 3.05) is 6.61 Å². The lowest BCUT2D eigenvalue weighted by atomic mass is 10.1. The van der Waals surface area contributed by atoms with Crippen LogP contribution in [-0.4, -0.2) is 23.9 Å². The van der Waals surface area contributed by atoms with Crippen LogP contribution in [0.4, 0.5) is 0 Å². The molecular formula is C13H28O2. The van der Waals surface area contributed by atoms with Crippen LogP contribution in [0.25, 0.3) is 0 Å². The molecular weight excluding hydrogens is 188 g/mol. The van der Waals surface area contributed by atoms with Crippen LogP contribution < -0.4 is 0 Å². The van der Waals surface area contributed by atoms with Crippen molar-refractivity contribution in [3.05, 3.63) is 0 Å². The zero-order valence-electron chi connectivity index (χ0n) is 11.5. The Kier molecular flexibility index (Phi) is 5.82. The SMILES string of the molecule is CC(CCCOC(C)(C)C)OC(C)(C)C. The van der Waals surface area contributed by atoms with Crippen molar-refractivity contribution in [2.45, 2.75) is 78.6 Å². The van der Waals surface area contributed by atoms with E-state index >= 15 is 0 Å². The van der Waals surface area contributed by atoms with Crippen LogP contribution >= 0.6 is 0 Å². The summed E-state index contributed by atoms with van der Waals surface area (Å²) < 4.78 is 11.5. The van der Waals surface area contributed by atoms with Gasteiger partial charge in [-0.15, -0.1) is 0 Å². The van der Waals surface area contributed by atoms with Gasteiger partial charge in [0.25, 0.3) is 0 Å². The normalized spacial score (nSPS) is 15.4. The first kappa shape index (κ1) is 14.9. The molecule has 0 aromatic carbocycles. The molecule has 1 atom stereocenters. The predicted octanol–water partition coefficient (Wildman–Crippen LogP) is 3.79. The molecule has 0 N–H and O–H groups in total. The summed E-state index contributed by atoms with van der Waals surface area (Å²) in [7, 11) is 0. The number of hydrogen-bond acceptors (Lipinski definition) is 2.